The van der Waals surface area contributed by atoms with E-state index in [2.05, 4.69) is 16.4 Å². The molecule has 1 fully saturated rings. The second-order valence-electron chi connectivity index (χ2n) is 7.96. The first-order valence-electron chi connectivity index (χ1n) is 10.7. The Kier molecular flexibility index (Phi) is 6.18. The summed E-state index contributed by atoms with van der Waals surface area (Å²) in [6.07, 6.45) is 9.92. The number of aromatic nitrogens is 1. The van der Waals surface area contributed by atoms with Crippen molar-refractivity contribution in [1.82, 2.24) is 14.8 Å². The van der Waals surface area contributed by atoms with Crippen LogP contribution in [0.1, 0.15) is 45.4 Å². The number of thiocarbonyl (C=S) groups is 1. The van der Waals surface area contributed by atoms with Gasteiger partial charge in [-0.15, -0.1) is 0 Å². The van der Waals surface area contributed by atoms with Crippen LogP contribution in [0.4, 0.5) is 5.69 Å². The Balaban J connectivity index is 1.44. The highest BCUT2D eigenvalue weighted by Gasteiger charge is 2.42. The maximum Gasteiger partial charge on any atom is 0.252 e. The number of H-pyrrole nitrogens is 1. The Labute approximate surface area is 182 Å². The fraction of sp³-hybridized carbons (Fsp3) is 0.435. The van der Waals surface area contributed by atoms with Crippen LogP contribution in [-0.2, 0) is 9.59 Å². The van der Waals surface area contributed by atoms with Crippen molar-refractivity contribution in [1.29, 1.82) is 0 Å². The molecule has 7 heteroatoms. The number of fused-ring (bicyclic) bond motifs is 1. The van der Waals surface area contributed by atoms with Crippen molar-refractivity contribution in [2.75, 3.05) is 18.4 Å². The van der Waals surface area contributed by atoms with Gasteiger partial charge in [0.05, 0.1) is 6.42 Å². The lowest BCUT2D eigenvalue weighted by atomic mass is 9.97. The molecule has 2 aromatic rings. The first kappa shape index (κ1) is 20.6. The normalized spacial score (nSPS) is 19.5. The minimum Gasteiger partial charge on any atom is -0.361 e. The molecule has 1 aliphatic heterocycles. The maximum atomic E-state index is 12.9. The largest absolute Gasteiger partial charge is 0.361 e. The third-order valence-electron chi connectivity index (χ3n) is 6.00. The van der Waals surface area contributed by atoms with E-state index in [1.165, 1.54) is 18.4 Å². The quantitative estimate of drug-likeness (QED) is 0.516. The Morgan fingerprint density at radius 3 is 2.93 bits per heavy atom. The van der Waals surface area contributed by atoms with Crippen LogP contribution in [0.15, 0.2) is 42.1 Å². The zero-order valence-electron chi connectivity index (χ0n) is 17.3. The van der Waals surface area contributed by atoms with Crippen LogP contribution in [0.3, 0.4) is 0 Å². The molecule has 2 aliphatic rings. The summed E-state index contributed by atoms with van der Waals surface area (Å²) in [5, 5.41) is 4.57. The zero-order valence-corrected chi connectivity index (χ0v) is 18.1. The standard InChI is InChI=1S/C23H28N4O2S/c1-2-26-22(29)20(27(23(26)30)13-11-16-6-4-3-5-7-16)15-21(28)25-18-9-8-17-10-12-24-19(17)14-18/h6,8-10,12,14,20,24H,2-5,7,11,13,15H2,1H3,(H,25,28). The lowest BCUT2D eigenvalue weighted by Crippen LogP contribution is -2.38. The van der Waals surface area contributed by atoms with Gasteiger partial charge in [0.1, 0.15) is 6.04 Å². The molecule has 6 nitrogen and oxygen atoms in total. The smallest absolute Gasteiger partial charge is 0.252 e. The number of hydrogen-bond acceptors (Lipinski definition) is 3. The van der Waals surface area contributed by atoms with Gasteiger partial charge in [0.25, 0.3) is 5.91 Å². The van der Waals surface area contributed by atoms with Crippen LogP contribution in [0.2, 0.25) is 0 Å². The summed E-state index contributed by atoms with van der Waals surface area (Å²) >= 11 is 5.58. The van der Waals surface area contributed by atoms with E-state index in [0.29, 0.717) is 23.9 Å². The maximum absolute atomic E-state index is 12.9. The molecule has 0 radical (unpaired) electrons. The second kappa shape index (κ2) is 9.00. The summed E-state index contributed by atoms with van der Waals surface area (Å²) < 4.78 is 0. The van der Waals surface area contributed by atoms with Crippen molar-refractivity contribution < 1.29 is 9.59 Å². The molecule has 1 unspecified atom stereocenters. The third kappa shape index (κ3) is 4.26. The fourth-order valence-corrected chi connectivity index (χ4v) is 4.78. The predicted molar refractivity (Wildman–Crippen MR) is 123 cm³/mol. The van der Waals surface area contributed by atoms with Crippen molar-refractivity contribution in [3.63, 3.8) is 0 Å². The summed E-state index contributed by atoms with van der Waals surface area (Å²) in [4.78, 5) is 32.4. The monoisotopic (exact) mass is 424 g/mol. The molecular formula is C23H28N4O2S. The molecular weight excluding hydrogens is 396 g/mol. The van der Waals surface area contributed by atoms with Gasteiger partial charge in [-0.1, -0.05) is 17.7 Å². The average Bonchev–Trinajstić information content (AvgIpc) is 3.29. The van der Waals surface area contributed by atoms with E-state index in [1.54, 1.807) is 4.90 Å². The molecule has 1 aromatic carbocycles. The summed E-state index contributed by atoms with van der Waals surface area (Å²) in [7, 11) is 0. The molecule has 1 aromatic heterocycles. The number of carbonyl (C=O) groups excluding carboxylic acids is 2. The topological polar surface area (TPSA) is 68.4 Å². The number of amides is 2. The van der Waals surface area contributed by atoms with Crippen LogP contribution in [-0.4, -0.2) is 50.8 Å². The van der Waals surface area contributed by atoms with E-state index in [9.17, 15) is 9.59 Å². The molecule has 1 saturated heterocycles. The average molecular weight is 425 g/mol. The molecule has 30 heavy (non-hydrogen) atoms. The van der Waals surface area contributed by atoms with Crippen molar-refractivity contribution in [3.8, 4) is 0 Å². The first-order valence-corrected chi connectivity index (χ1v) is 11.1. The van der Waals surface area contributed by atoms with E-state index in [1.807, 2.05) is 42.3 Å². The number of anilines is 1. The van der Waals surface area contributed by atoms with Crippen LogP contribution in [0.5, 0.6) is 0 Å². The van der Waals surface area contributed by atoms with Crippen LogP contribution in [0, 0.1) is 0 Å². The first-order chi connectivity index (χ1) is 14.6. The SMILES string of the molecule is CCN1C(=O)C(CC(=O)Nc2ccc3cc[nH]c3c2)N(CCC2=CCCCC2)C1=S. The predicted octanol–water partition coefficient (Wildman–Crippen LogP) is 4.20. The van der Waals surface area contributed by atoms with Gasteiger partial charge in [-0.25, -0.2) is 0 Å². The highest BCUT2D eigenvalue weighted by Crippen LogP contribution is 2.26. The number of nitrogens with one attached hydrogen (secondary N) is 2. The van der Waals surface area contributed by atoms with Gasteiger partial charge in [-0.05, 0) is 74.8 Å². The molecule has 0 saturated carbocycles. The Morgan fingerprint density at radius 1 is 1.30 bits per heavy atom. The summed E-state index contributed by atoms with van der Waals surface area (Å²) in [5.41, 5.74) is 3.12. The molecule has 1 atom stereocenters. The van der Waals surface area contributed by atoms with Gasteiger partial charge >= 0.3 is 0 Å². The van der Waals surface area contributed by atoms with E-state index in [4.69, 9.17) is 12.2 Å². The van der Waals surface area contributed by atoms with Gasteiger partial charge in [-0.2, -0.15) is 0 Å². The Bertz CT molecular complexity index is 996. The molecule has 0 spiro atoms. The van der Waals surface area contributed by atoms with Gasteiger partial charge in [0.2, 0.25) is 5.91 Å². The van der Waals surface area contributed by atoms with Crippen molar-refractivity contribution in [2.45, 2.75) is 51.5 Å². The van der Waals surface area contributed by atoms with Crippen LogP contribution in [0.25, 0.3) is 10.9 Å². The number of nitrogens with zero attached hydrogens (tertiary/aromatic N) is 2. The lowest BCUT2D eigenvalue weighted by Gasteiger charge is -2.25. The van der Waals surface area contributed by atoms with Gasteiger partial charge in [0.15, 0.2) is 5.11 Å². The van der Waals surface area contributed by atoms with E-state index >= 15 is 0 Å². The van der Waals surface area contributed by atoms with Crippen molar-refractivity contribution in [2.24, 2.45) is 0 Å². The summed E-state index contributed by atoms with van der Waals surface area (Å²) in [5.74, 6) is -0.253. The molecule has 2 N–H and O–H groups in total. The highest BCUT2D eigenvalue weighted by molar-refractivity contribution is 7.80. The van der Waals surface area contributed by atoms with E-state index in [0.717, 1.165) is 30.2 Å². The summed E-state index contributed by atoms with van der Waals surface area (Å²) in [6, 6.07) is 7.19. The number of aromatic amines is 1. The molecule has 2 amide bonds. The number of hydrogen-bond donors (Lipinski definition) is 2. The number of carbonyl (C=O) groups is 2. The van der Waals surface area contributed by atoms with Crippen molar-refractivity contribution in [3.05, 3.63) is 42.1 Å². The lowest BCUT2D eigenvalue weighted by molar-refractivity contribution is -0.130. The van der Waals surface area contributed by atoms with Gasteiger partial charge in [-0.3, -0.25) is 14.5 Å². The number of allylic oxidation sites excluding steroid dienone is 1. The Morgan fingerprint density at radius 2 is 2.17 bits per heavy atom. The molecule has 0 bridgehead atoms. The van der Waals surface area contributed by atoms with E-state index < -0.39 is 6.04 Å². The fourth-order valence-electron chi connectivity index (χ4n) is 4.34. The van der Waals surface area contributed by atoms with Gasteiger partial charge < -0.3 is 15.2 Å². The minimum absolute atomic E-state index is 0.0740. The van der Waals surface area contributed by atoms with Crippen LogP contribution >= 0.6 is 12.2 Å². The summed E-state index contributed by atoms with van der Waals surface area (Å²) in [6.45, 7) is 3.12. The van der Waals surface area contributed by atoms with E-state index in [-0.39, 0.29) is 18.2 Å². The molecule has 1 aliphatic carbocycles. The van der Waals surface area contributed by atoms with Crippen molar-refractivity contribution >= 4 is 45.7 Å². The highest BCUT2D eigenvalue weighted by atomic mass is 32.1. The number of benzene rings is 1. The number of rotatable bonds is 7. The van der Waals surface area contributed by atoms with Crippen LogP contribution < -0.4 is 5.32 Å². The zero-order chi connectivity index (χ0) is 21.1. The molecule has 2 heterocycles. The molecule has 4 rings (SSSR count). The Hall–Kier alpha value is -2.67. The second-order valence-corrected chi connectivity index (χ2v) is 8.33. The number of likely N-dealkylation sites (N-methyl/N-ethyl adjacent to an activating group) is 1. The minimum atomic E-state index is -0.532. The molecule has 158 valence electrons. The van der Waals surface area contributed by atoms with Gasteiger partial charge in [0, 0.05) is 30.5 Å². The third-order valence-corrected chi connectivity index (χ3v) is 6.45.